The lowest BCUT2D eigenvalue weighted by atomic mass is 9.47. The highest BCUT2D eigenvalue weighted by atomic mass is 32.1. The summed E-state index contributed by atoms with van der Waals surface area (Å²) in [5, 5.41) is 30.0. The minimum atomic E-state index is -0.717. The van der Waals surface area contributed by atoms with E-state index < -0.39 is 11.5 Å². The Labute approximate surface area is 229 Å². The third-order valence-corrected chi connectivity index (χ3v) is 10.2. The van der Waals surface area contributed by atoms with Crippen LogP contribution in [0.1, 0.15) is 60.0 Å². The lowest BCUT2D eigenvalue weighted by molar-refractivity contribution is -0.143. The molecule has 202 valence electrons. The van der Waals surface area contributed by atoms with Crippen LogP contribution in [0.5, 0.6) is 5.75 Å². The normalized spacial score (nSPS) is 28.2. The highest BCUT2D eigenvalue weighted by Crippen LogP contribution is 2.62. The number of hydrogen-bond acceptors (Lipinski definition) is 9. The quantitative estimate of drug-likeness (QED) is 0.341. The fraction of sp³-hybridized carbons (Fsp3) is 0.481. The van der Waals surface area contributed by atoms with E-state index in [0.29, 0.717) is 40.8 Å². The molecule has 2 aliphatic carbocycles. The van der Waals surface area contributed by atoms with Crippen molar-refractivity contribution in [2.24, 2.45) is 16.7 Å². The Morgan fingerprint density at radius 3 is 2.61 bits per heavy atom. The van der Waals surface area contributed by atoms with Crippen LogP contribution < -0.4 is 15.4 Å². The van der Waals surface area contributed by atoms with E-state index in [1.54, 1.807) is 43.0 Å². The van der Waals surface area contributed by atoms with E-state index in [4.69, 9.17) is 9.72 Å². The molecular formula is C27H32N4O5S2. The van der Waals surface area contributed by atoms with Gasteiger partial charge in [-0.05, 0) is 54.9 Å². The van der Waals surface area contributed by atoms with Gasteiger partial charge >= 0.3 is 0 Å². The maximum absolute atomic E-state index is 13.2. The third kappa shape index (κ3) is 4.72. The molecule has 0 bridgehead atoms. The third-order valence-electron chi connectivity index (χ3n) is 8.53. The number of ether oxygens (including phenoxy) is 1. The number of aromatic nitrogens is 2. The van der Waals surface area contributed by atoms with Crippen LogP contribution in [0.25, 0.3) is 0 Å². The maximum Gasteiger partial charge on any atom is 0.257 e. The summed E-state index contributed by atoms with van der Waals surface area (Å²) < 4.78 is 5.17. The molecular weight excluding hydrogens is 524 g/mol. The molecule has 11 heteroatoms. The van der Waals surface area contributed by atoms with Gasteiger partial charge < -0.3 is 20.3 Å². The average Bonchev–Trinajstić information content (AvgIpc) is 3.57. The van der Waals surface area contributed by atoms with Gasteiger partial charge in [0.25, 0.3) is 5.91 Å². The molecule has 0 radical (unpaired) electrons. The Morgan fingerprint density at radius 2 is 1.95 bits per heavy atom. The molecule has 0 saturated heterocycles. The van der Waals surface area contributed by atoms with Crippen molar-refractivity contribution in [3.8, 4) is 5.75 Å². The van der Waals surface area contributed by atoms with Gasteiger partial charge in [-0.25, -0.2) is 9.97 Å². The smallest absolute Gasteiger partial charge is 0.257 e. The zero-order chi connectivity index (χ0) is 27.1. The monoisotopic (exact) mass is 556 g/mol. The molecule has 1 fully saturated rings. The summed E-state index contributed by atoms with van der Waals surface area (Å²) in [5.74, 6) is -0.102. The first-order chi connectivity index (χ1) is 18.2. The zero-order valence-electron chi connectivity index (χ0n) is 21.6. The van der Waals surface area contributed by atoms with Crippen LogP contribution in [-0.4, -0.2) is 51.8 Å². The van der Waals surface area contributed by atoms with E-state index in [1.807, 2.05) is 6.92 Å². The van der Waals surface area contributed by atoms with Crippen LogP contribution in [-0.2, 0) is 11.2 Å². The summed E-state index contributed by atoms with van der Waals surface area (Å²) in [6.07, 6.45) is 3.04. The first-order valence-electron chi connectivity index (χ1n) is 12.6. The highest BCUT2D eigenvalue weighted by Gasteiger charge is 2.59. The fourth-order valence-electron chi connectivity index (χ4n) is 6.25. The molecule has 0 spiro atoms. The number of thiazole rings is 2. The lowest BCUT2D eigenvalue weighted by Gasteiger charge is -2.58. The second-order valence-electron chi connectivity index (χ2n) is 10.6. The van der Waals surface area contributed by atoms with Crippen molar-refractivity contribution < 1.29 is 24.5 Å². The molecule has 2 aromatic heterocycles. The van der Waals surface area contributed by atoms with E-state index in [-0.39, 0.29) is 42.1 Å². The molecule has 5 atom stereocenters. The molecule has 2 amide bonds. The summed E-state index contributed by atoms with van der Waals surface area (Å²) >= 11 is 2.75. The SMILES string of the molecule is COc1ccc(C(=O)Nc2nc3c(s2)C[C@@H]2[C@](C)(CO)[C@H](O)CC[C@@]2(C)[C@@H]3CC(=O)Nc2nccs2)cc1. The van der Waals surface area contributed by atoms with Crippen molar-refractivity contribution in [1.29, 1.82) is 0 Å². The van der Waals surface area contributed by atoms with Gasteiger partial charge in [-0.3, -0.25) is 14.9 Å². The maximum atomic E-state index is 13.2. The summed E-state index contributed by atoms with van der Waals surface area (Å²) in [7, 11) is 1.57. The van der Waals surface area contributed by atoms with Crippen molar-refractivity contribution in [2.45, 2.75) is 51.6 Å². The topological polar surface area (TPSA) is 134 Å². The summed E-state index contributed by atoms with van der Waals surface area (Å²) in [5.41, 5.74) is 0.195. The summed E-state index contributed by atoms with van der Waals surface area (Å²) in [6.45, 7) is 3.93. The van der Waals surface area contributed by atoms with Gasteiger partial charge in [0, 0.05) is 39.8 Å². The number of benzene rings is 1. The Morgan fingerprint density at radius 1 is 1.18 bits per heavy atom. The van der Waals surface area contributed by atoms with E-state index in [2.05, 4.69) is 22.5 Å². The predicted molar refractivity (Wildman–Crippen MR) is 147 cm³/mol. The van der Waals surface area contributed by atoms with Gasteiger partial charge in [0.2, 0.25) is 5.91 Å². The number of nitrogens with one attached hydrogen (secondary N) is 2. The molecule has 4 N–H and O–H groups in total. The number of anilines is 2. The van der Waals surface area contributed by atoms with Crippen LogP contribution in [0, 0.1) is 16.7 Å². The molecule has 3 aromatic rings. The second kappa shape index (κ2) is 10.4. The molecule has 5 rings (SSSR count). The van der Waals surface area contributed by atoms with Crippen molar-refractivity contribution in [3.05, 3.63) is 52.0 Å². The number of aliphatic hydroxyl groups is 2. The average molecular weight is 557 g/mol. The zero-order valence-corrected chi connectivity index (χ0v) is 23.2. The number of aliphatic hydroxyl groups excluding tert-OH is 2. The predicted octanol–water partition coefficient (Wildman–Crippen LogP) is 4.30. The van der Waals surface area contributed by atoms with Gasteiger partial charge in [-0.1, -0.05) is 13.8 Å². The fourth-order valence-corrected chi connectivity index (χ4v) is 7.86. The Balaban J connectivity index is 1.47. The van der Waals surface area contributed by atoms with Crippen LogP contribution in [0.2, 0.25) is 0 Å². The molecule has 38 heavy (non-hydrogen) atoms. The van der Waals surface area contributed by atoms with Crippen LogP contribution in [0.3, 0.4) is 0 Å². The largest absolute Gasteiger partial charge is 0.497 e. The molecule has 0 aliphatic heterocycles. The molecule has 2 heterocycles. The number of carbonyl (C=O) groups excluding carboxylic acids is 2. The van der Waals surface area contributed by atoms with E-state index >= 15 is 0 Å². The van der Waals surface area contributed by atoms with Crippen molar-refractivity contribution >= 4 is 44.8 Å². The number of nitrogens with zero attached hydrogens (tertiary/aromatic N) is 2. The number of methoxy groups -OCH3 is 1. The van der Waals surface area contributed by atoms with E-state index in [9.17, 15) is 19.8 Å². The van der Waals surface area contributed by atoms with Crippen molar-refractivity contribution in [3.63, 3.8) is 0 Å². The summed E-state index contributed by atoms with van der Waals surface area (Å²) in [6, 6.07) is 6.84. The highest BCUT2D eigenvalue weighted by molar-refractivity contribution is 7.16. The molecule has 9 nitrogen and oxygen atoms in total. The number of rotatable bonds is 7. The molecule has 0 unspecified atom stereocenters. The van der Waals surface area contributed by atoms with Gasteiger partial charge in [-0.2, -0.15) is 0 Å². The van der Waals surface area contributed by atoms with Crippen molar-refractivity contribution in [2.75, 3.05) is 24.4 Å². The second-order valence-corrected chi connectivity index (χ2v) is 12.6. The minimum absolute atomic E-state index is 0.0699. The molecule has 1 saturated carbocycles. The Bertz CT molecular complexity index is 1310. The van der Waals surface area contributed by atoms with Gasteiger partial charge in [0.05, 0.1) is 25.5 Å². The minimum Gasteiger partial charge on any atom is -0.497 e. The first kappa shape index (κ1) is 26.7. The first-order valence-corrected chi connectivity index (χ1v) is 14.3. The summed E-state index contributed by atoms with van der Waals surface area (Å²) in [4.78, 5) is 36.1. The number of hydrogen-bond donors (Lipinski definition) is 4. The van der Waals surface area contributed by atoms with Gasteiger partial charge in [0.15, 0.2) is 10.3 Å². The van der Waals surface area contributed by atoms with Gasteiger partial charge in [0.1, 0.15) is 5.75 Å². The number of amides is 2. The van der Waals surface area contributed by atoms with Crippen LogP contribution >= 0.6 is 22.7 Å². The van der Waals surface area contributed by atoms with E-state index in [0.717, 1.165) is 10.6 Å². The van der Waals surface area contributed by atoms with E-state index in [1.165, 1.54) is 22.7 Å². The number of carbonyl (C=O) groups is 2. The van der Waals surface area contributed by atoms with Crippen LogP contribution in [0.4, 0.5) is 10.3 Å². The Hall–Kier alpha value is -2.86. The standard InChI is InChI=1S/C27H32N4O5S2/c1-26-9-8-20(33)27(2,14-32)19(26)13-18-22(17(26)12-21(34)29-24-28-10-11-37-24)30-25(38-18)31-23(35)15-4-6-16(36-3)7-5-15/h4-7,10-11,17,19-20,32-33H,8-9,12-14H2,1-3H3,(H,28,29,34)(H,30,31,35)/t17-,19+,20-,26+,27+/m1/s1. The Kier molecular flexibility index (Phi) is 7.29. The lowest BCUT2D eigenvalue weighted by Crippen LogP contribution is -2.57. The van der Waals surface area contributed by atoms with Gasteiger partial charge in [-0.15, -0.1) is 22.7 Å². The van der Waals surface area contributed by atoms with Crippen LogP contribution in [0.15, 0.2) is 35.8 Å². The molecule has 2 aliphatic rings. The number of fused-ring (bicyclic) bond motifs is 2. The van der Waals surface area contributed by atoms with Crippen molar-refractivity contribution in [1.82, 2.24) is 9.97 Å². The molecule has 1 aromatic carbocycles.